The number of hydrogen-bond acceptors (Lipinski definition) is 5. The van der Waals surface area contributed by atoms with Crippen LogP contribution in [0.5, 0.6) is 0 Å². The fourth-order valence-electron chi connectivity index (χ4n) is 2.47. The Balaban J connectivity index is 1.51. The van der Waals surface area contributed by atoms with Crippen molar-refractivity contribution in [3.8, 4) is 11.1 Å². The lowest BCUT2D eigenvalue weighted by molar-refractivity contribution is -0.138. The van der Waals surface area contributed by atoms with Crippen LogP contribution in [0.2, 0.25) is 0 Å². The summed E-state index contributed by atoms with van der Waals surface area (Å²) in [6.45, 7) is 4.09. The molecule has 2 N–H and O–H groups in total. The smallest absolute Gasteiger partial charge is 0.319 e. The van der Waals surface area contributed by atoms with E-state index in [2.05, 4.69) is 10.3 Å². The van der Waals surface area contributed by atoms with E-state index in [4.69, 9.17) is 0 Å². The first-order valence-electron chi connectivity index (χ1n) is 8.80. The first kappa shape index (κ1) is 20.4. The molecule has 7 heteroatoms. The number of rotatable bonds is 8. The van der Waals surface area contributed by atoms with Gasteiger partial charge in [0, 0.05) is 24.0 Å². The van der Waals surface area contributed by atoms with Gasteiger partial charge in [0.2, 0.25) is 0 Å². The fraction of sp³-hybridized carbons (Fsp3) is 0.238. The molecule has 0 spiro atoms. The van der Waals surface area contributed by atoms with Crippen molar-refractivity contribution in [2.45, 2.75) is 29.4 Å². The van der Waals surface area contributed by atoms with E-state index in [1.54, 1.807) is 26.0 Å². The van der Waals surface area contributed by atoms with Crippen molar-refractivity contribution in [1.82, 2.24) is 4.98 Å². The molecule has 0 fully saturated rings. The van der Waals surface area contributed by atoms with Crippen molar-refractivity contribution < 1.29 is 14.3 Å². The number of nitrogens with one attached hydrogen (secondary N) is 1. The minimum absolute atomic E-state index is 0.239. The summed E-state index contributed by atoms with van der Waals surface area (Å²) >= 11 is 2.74. The molecule has 1 heterocycles. The van der Waals surface area contributed by atoms with Gasteiger partial charge in [-0.3, -0.25) is 4.79 Å². The number of thiazole rings is 1. The molecule has 0 atom stereocenters. The van der Waals surface area contributed by atoms with Gasteiger partial charge in [-0.25, -0.2) is 9.37 Å². The average Bonchev–Trinajstić information content (AvgIpc) is 3.09. The van der Waals surface area contributed by atoms with E-state index in [-0.39, 0.29) is 5.82 Å². The molecule has 0 amide bonds. The number of halogens is 1. The van der Waals surface area contributed by atoms with Crippen LogP contribution < -0.4 is 5.32 Å². The van der Waals surface area contributed by atoms with Gasteiger partial charge in [0.05, 0.1) is 5.69 Å². The Morgan fingerprint density at radius 1 is 1.14 bits per heavy atom. The molecule has 146 valence electrons. The molecule has 0 aliphatic heterocycles. The second-order valence-corrected chi connectivity index (χ2v) is 9.51. The predicted octanol–water partition coefficient (Wildman–Crippen LogP) is 5.56. The van der Waals surface area contributed by atoms with Crippen LogP contribution in [0.1, 0.15) is 19.5 Å². The van der Waals surface area contributed by atoms with Gasteiger partial charge in [-0.05, 0) is 49.2 Å². The molecule has 0 aliphatic rings. The van der Waals surface area contributed by atoms with Gasteiger partial charge in [0.25, 0.3) is 0 Å². The monoisotopic (exact) mass is 416 g/mol. The maximum absolute atomic E-state index is 13.0. The summed E-state index contributed by atoms with van der Waals surface area (Å²) in [5, 5.41) is 14.5. The number of carboxylic acid groups (broad SMARTS) is 1. The summed E-state index contributed by atoms with van der Waals surface area (Å²) in [6.07, 6.45) is 0.754. The molecule has 0 radical (unpaired) electrons. The number of nitrogens with zero attached hydrogens (tertiary/aromatic N) is 1. The third-order valence-electron chi connectivity index (χ3n) is 4.16. The summed E-state index contributed by atoms with van der Waals surface area (Å²) in [7, 11) is 0. The fourth-order valence-corrected chi connectivity index (χ4v) is 4.70. The van der Waals surface area contributed by atoms with Gasteiger partial charge in [0.15, 0.2) is 4.34 Å². The molecule has 0 unspecified atom stereocenters. The molecule has 0 aliphatic carbocycles. The number of benzene rings is 2. The van der Waals surface area contributed by atoms with Gasteiger partial charge < -0.3 is 10.4 Å². The Hall–Kier alpha value is -2.38. The van der Waals surface area contributed by atoms with Gasteiger partial charge in [-0.15, -0.1) is 11.3 Å². The Morgan fingerprint density at radius 2 is 1.75 bits per heavy atom. The first-order valence-corrected chi connectivity index (χ1v) is 10.5. The lowest BCUT2D eigenvalue weighted by atomic mass is 10.1. The number of aliphatic carboxylic acids is 1. The van der Waals surface area contributed by atoms with E-state index in [9.17, 15) is 14.3 Å². The van der Waals surface area contributed by atoms with Crippen LogP contribution in [0.15, 0.2) is 58.3 Å². The number of carboxylic acids is 1. The Bertz CT molecular complexity index is 938. The lowest BCUT2D eigenvalue weighted by Gasteiger charge is -2.15. The molecular formula is C21H21FN2O2S2. The number of thioether (sulfide) groups is 1. The van der Waals surface area contributed by atoms with Crippen LogP contribution in [-0.2, 0) is 11.2 Å². The SMILES string of the molecule is CC(C)(Sc1nc(CCNc2ccc(-c3ccc(F)cc3)cc2)cs1)C(=O)O. The number of hydrogen-bond donors (Lipinski definition) is 2. The molecule has 0 saturated carbocycles. The van der Waals surface area contributed by atoms with E-state index >= 15 is 0 Å². The zero-order valence-corrected chi connectivity index (χ0v) is 17.2. The number of aromatic nitrogens is 1. The summed E-state index contributed by atoms with van der Waals surface area (Å²) in [5.41, 5.74) is 3.96. The third kappa shape index (κ3) is 5.33. The first-order chi connectivity index (χ1) is 13.3. The van der Waals surface area contributed by atoms with Crippen LogP contribution >= 0.6 is 23.1 Å². The van der Waals surface area contributed by atoms with Crippen molar-refractivity contribution >= 4 is 34.8 Å². The minimum atomic E-state index is -0.889. The number of anilines is 1. The molecule has 3 rings (SSSR count). The maximum Gasteiger partial charge on any atom is 0.319 e. The summed E-state index contributed by atoms with van der Waals surface area (Å²) in [6, 6.07) is 14.4. The summed E-state index contributed by atoms with van der Waals surface area (Å²) in [5.74, 6) is -1.09. The molecule has 0 saturated heterocycles. The van der Waals surface area contributed by atoms with Gasteiger partial charge in [-0.1, -0.05) is 36.0 Å². The van der Waals surface area contributed by atoms with Crippen LogP contribution in [0.4, 0.5) is 10.1 Å². The van der Waals surface area contributed by atoms with Crippen molar-refractivity contribution in [3.63, 3.8) is 0 Å². The van der Waals surface area contributed by atoms with E-state index in [1.165, 1.54) is 35.2 Å². The Morgan fingerprint density at radius 3 is 2.36 bits per heavy atom. The standard InChI is InChI=1S/C21H21FN2O2S2/c1-21(2,19(25)26)28-20-24-18(13-27-20)11-12-23-17-9-5-15(6-10-17)14-3-7-16(22)8-4-14/h3-10,13,23H,11-12H2,1-2H3,(H,25,26). The second-order valence-electron chi connectivity index (χ2n) is 6.78. The molecule has 4 nitrogen and oxygen atoms in total. The Kier molecular flexibility index (Phi) is 6.36. The Labute approximate surface area is 171 Å². The van der Waals surface area contributed by atoms with Crippen LogP contribution in [-0.4, -0.2) is 27.4 Å². The normalized spacial score (nSPS) is 11.4. The highest BCUT2D eigenvalue weighted by atomic mass is 32.2. The highest BCUT2D eigenvalue weighted by molar-refractivity contribution is 8.02. The molecular weight excluding hydrogens is 395 g/mol. The topological polar surface area (TPSA) is 62.2 Å². The highest BCUT2D eigenvalue weighted by Gasteiger charge is 2.29. The lowest BCUT2D eigenvalue weighted by Crippen LogP contribution is -2.26. The molecule has 0 bridgehead atoms. The average molecular weight is 417 g/mol. The largest absolute Gasteiger partial charge is 0.480 e. The predicted molar refractivity (Wildman–Crippen MR) is 114 cm³/mol. The van der Waals surface area contributed by atoms with Crippen LogP contribution in [0.3, 0.4) is 0 Å². The molecule has 3 aromatic rings. The minimum Gasteiger partial charge on any atom is -0.480 e. The molecule has 2 aromatic carbocycles. The quantitative estimate of drug-likeness (QED) is 0.471. The molecule has 1 aromatic heterocycles. The van der Waals surface area contributed by atoms with Crippen molar-refractivity contribution in [2.75, 3.05) is 11.9 Å². The summed E-state index contributed by atoms with van der Waals surface area (Å²) < 4.78 is 12.9. The van der Waals surface area contributed by atoms with Gasteiger partial charge in [0.1, 0.15) is 10.6 Å². The maximum atomic E-state index is 13.0. The van der Waals surface area contributed by atoms with Crippen LogP contribution in [0, 0.1) is 5.82 Å². The van der Waals surface area contributed by atoms with E-state index < -0.39 is 10.7 Å². The molecule has 28 heavy (non-hydrogen) atoms. The van der Waals surface area contributed by atoms with Crippen molar-refractivity contribution in [3.05, 3.63) is 65.4 Å². The van der Waals surface area contributed by atoms with E-state index in [1.807, 2.05) is 29.6 Å². The van der Waals surface area contributed by atoms with Crippen molar-refractivity contribution in [2.24, 2.45) is 0 Å². The summed E-state index contributed by atoms with van der Waals surface area (Å²) in [4.78, 5) is 15.7. The van der Waals surface area contributed by atoms with Crippen molar-refractivity contribution in [1.29, 1.82) is 0 Å². The van der Waals surface area contributed by atoms with Gasteiger partial charge >= 0.3 is 5.97 Å². The van der Waals surface area contributed by atoms with Gasteiger partial charge in [-0.2, -0.15) is 0 Å². The zero-order chi connectivity index (χ0) is 20.1. The number of carbonyl (C=O) groups is 1. The second kappa shape index (κ2) is 8.75. The third-order valence-corrected chi connectivity index (χ3v) is 6.33. The highest BCUT2D eigenvalue weighted by Crippen LogP contribution is 2.34. The van der Waals surface area contributed by atoms with E-state index in [0.717, 1.165) is 39.8 Å². The zero-order valence-electron chi connectivity index (χ0n) is 15.6. The van der Waals surface area contributed by atoms with Crippen LogP contribution in [0.25, 0.3) is 11.1 Å². The van der Waals surface area contributed by atoms with E-state index in [0.29, 0.717) is 0 Å².